The first-order valence-electron chi connectivity index (χ1n) is 21.2. The van der Waals surface area contributed by atoms with Crippen LogP contribution in [0.5, 0.6) is 0 Å². The number of aliphatic hydroxyl groups excluding tert-OH is 1. The lowest BCUT2D eigenvalue weighted by atomic mass is 9.44. The summed E-state index contributed by atoms with van der Waals surface area (Å²) in [5, 5.41) is 28.1. The number of hydrogen-bond acceptors (Lipinski definition) is 16. The fraction of sp³-hybridized carbons (Fsp3) is 0.574. The summed E-state index contributed by atoms with van der Waals surface area (Å²) in [7, 11) is 1.38. The molecule has 1 aliphatic heterocycles. The van der Waals surface area contributed by atoms with E-state index in [0.29, 0.717) is 5.56 Å². The Balaban J connectivity index is 1.57. The lowest BCUT2D eigenvalue weighted by Crippen LogP contribution is -2.82. The van der Waals surface area contributed by atoms with Gasteiger partial charge in [0.05, 0.1) is 35.6 Å². The Kier molecular flexibility index (Phi) is 13.6. The number of Topliss-reactive ketones (excluding diaryl/α,β-unsaturated/α-hetero) is 1. The zero-order valence-corrected chi connectivity index (χ0v) is 37.8. The number of carbonyl (C=O) groups excluding carboxylic acids is 6. The van der Waals surface area contributed by atoms with E-state index in [9.17, 15) is 34.2 Å². The Morgan fingerprint density at radius 1 is 0.922 bits per heavy atom. The van der Waals surface area contributed by atoms with Crippen LogP contribution in [-0.2, 0) is 57.1 Å². The van der Waals surface area contributed by atoms with Crippen molar-refractivity contribution in [3.8, 4) is 0 Å². The van der Waals surface area contributed by atoms with Crippen LogP contribution in [0.3, 0.4) is 0 Å². The van der Waals surface area contributed by atoms with Gasteiger partial charge in [-0.1, -0.05) is 62.4 Å². The second kappa shape index (κ2) is 18.0. The predicted molar refractivity (Wildman–Crippen MR) is 224 cm³/mol. The van der Waals surface area contributed by atoms with Gasteiger partial charge in [-0.05, 0) is 63.5 Å². The molecule has 348 valence electrons. The zero-order chi connectivity index (χ0) is 47.2. The standard InChI is InChI=1S/C47H59NO16/c1-25-30(61-41(54)35(51)34(28-17-13-11-14-18-28)48-42(55)64-43(4,5)6)22-47(56)39(62-40(53)29-19-15-12-16-20-29)37-45(9,38(52)36(60-26(2)49)33(25)44(47,7)8)31(59-24-57-10)21-32-46(37,23-58-32)63-27(3)50/h11-20,30-32,34-37,39,51,56H,21-24H2,1-10H3,(H,48,55)/t30-,31-,32+,34-,35+,36+,37-,39-,45+,46-,47+/m0/s1. The van der Waals surface area contributed by atoms with E-state index < -0.39 is 118 Å². The Morgan fingerprint density at radius 2 is 1.55 bits per heavy atom. The summed E-state index contributed by atoms with van der Waals surface area (Å²) in [4.78, 5) is 84.0. The molecule has 0 unspecified atom stereocenters. The Morgan fingerprint density at radius 3 is 2.09 bits per heavy atom. The SMILES string of the molecule is COCO[C@H]1C[C@H]2OC[C@@]2(OC(C)=O)[C@H]2[C@H](OC(=O)c3ccccc3)[C@]3(O)C[C@H](OC(=O)[C@H](O)[C@@H](NC(=O)OC(C)(C)C)c4ccccc4)C(C)=C([C@@H](OC(C)=O)C(=O)[C@]12C)C3(C)C. The molecule has 17 nitrogen and oxygen atoms in total. The number of esters is 4. The molecule has 0 radical (unpaired) electrons. The van der Waals surface area contributed by atoms with Crippen molar-refractivity contribution in [2.45, 2.75) is 135 Å². The number of amides is 1. The van der Waals surface area contributed by atoms with E-state index in [1.807, 2.05) is 0 Å². The number of benzene rings is 2. The maximum atomic E-state index is 15.9. The molecule has 0 aromatic heterocycles. The van der Waals surface area contributed by atoms with Gasteiger partial charge in [-0.15, -0.1) is 0 Å². The number of methoxy groups -OCH3 is 1. The van der Waals surface area contributed by atoms with Gasteiger partial charge in [-0.3, -0.25) is 14.4 Å². The third-order valence-corrected chi connectivity index (χ3v) is 13.2. The van der Waals surface area contributed by atoms with Gasteiger partial charge >= 0.3 is 30.0 Å². The van der Waals surface area contributed by atoms with Crippen LogP contribution in [0.1, 0.15) is 97.1 Å². The molecular weight excluding hydrogens is 835 g/mol. The summed E-state index contributed by atoms with van der Waals surface area (Å²) in [5.41, 5.74) is -7.99. The second-order valence-corrected chi connectivity index (χ2v) is 18.7. The van der Waals surface area contributed by atoms with Crippen molar-refractivity contribution in [2.24, 2.45) is 16.7 Å². The lowest BCUT2D eigenvalue weighted by molar-refractivity contribution is -0.351. The van der Waals surface area contributed by atoms with Crippen LogP contribution in [0.15, 0.2) is 71.8 Å². The van der Waals surface area contributed by atoms with Crippen molar-refractivity contribution in [2.75, 3.05) is 20.5 Å². The molecule has 64 heavy (non-hydrogen) atoms. The minimum absolute atomic E-state index is 0.0275. The number of hydrogen-bond donors (Lipinski definition) is 3. The molecule has 2 bridgehead atoms. The maximum Gasteiger partial charge on any atom is 0.408 e. The third-order valence-electron chi connectivity index (χ3n) is 13.2. The molecule has 0 spiro atoms. The smallest absolute Gasteiger partial charge is 0.408 e. The van der Waals surface area contributed by atoms with Crippen LogP contribution in [-0.4, -0.2) is 120 Å². The van der Waals surface area contributed by atoms with Gasteiger partial charge in [0, 0.05) is 39.2 Å². The molecule has 2 aromatic rings. The molecule has 4 aliphatic rings. The van der Waals surface area contributed by atoms with Gasteiger partial charge in [0.15, 0.2) is 23.6 Å². The van der Waals surface area contributed by atoms with Gasteiger partial charge in [0.2, 0.25) is 0 Å². The van der Waals surface area contributed by atoms with Crippen molar-refractivity contribution in [1.29, 1.82) is 0 Å². The van der Waals surface area contributed by atoms with Crippen LogP contribution in [0, 0.1) is 16.7 Å². The van der Waals surface area contributed by atoms with Gasteiger partial charge < -0.3 is 53.4 Å². The number of ketones is 1. The molecule has 3 fully saturated rings. The summed E-state index contributed by atoms with van der Waals surface area (Å²) in [6.07, 6.45) is -10.7. The average molecular weight is 894 g/mol. The molecule has 1 amide bonds. The maximum absolute atomic E-state index is 15.9. The van der Waals surface area contributed by atoms with Gasteiger partial charge in [-0.2, -0.15) is 0 Å². The largest absolute Gasteiger partial charge is 0.456 e. The minimum Gasteiger partial charge on any atom is -0.456 e. The number of aliphatic hydroxyl groups is 2. The number of fused-ring (bicyclic) bond motifs is 5. The molecule has 17 heteroatoms. The molecule has 2 saturated carbocycles. The fourth-order valence-corrected chi connectivity index (χ4v) is 10.2. The monoisotopic (exact) mass is 893 g/mol. The highest BCUT2D eigenvalue weighted by Gasteiger charge is 2.78. The van der Waals surface area contributed by atoms with Crippen molar-refractivity contribution in [3.63, 3.8) is 0 Å². The second-order valence-electron chi connectivity index (χ2n) is 18.7. The van der Waals surface area contributed by atoms with Crippen LogP contribution in [0.25, 0.3) is 0 Å². The van der Waals surface area contributed by atoms with E-state index in [0.717, 1.165) is 6.92 Å². The van der Waals surface area contributed by atoms with Crippen LogP contribution < -0.4 is 5.32 Å². The first kappa shape index (κ1) is 48.3. The molecule has 6 rings (SSSR count). The molecule has 11 atom stereocenters. The summed E-state index contributed by atoms with van der Waals surface area (Å²) in [6.45, 7) is 12.9. The zero-order valence-electron chi connectivity index (χ0n) is 37.8. The topological polar surface area (TPSA) is 229 Å². The van der Waals surface area contributed by atoms with Crippen molar-refractivity contribution < 1.29 is 76.9 Å². The first-order valence-corrected chi connectivity index (χ1v) is 21.2. The highest BCUT2D eigenvalue weighted by molar-refractivity contribution is 5.95. The Hall–Kier alpha value is -5.20. The summed E-state index contributed by atoms with van der Waals surface area (Å²) in [6, 6.07) is 14.7. The fourth-order valence-electron chi connectivity index (χ4n) is 10.2. The molecule has 1 saturated heterocycles. The van der Waals surface area contributed by atoms with E-state index in [1.54, 1.807) is 90.1 Å². The van der Waals surface area contributed by atoms with Crippen molar-refractivity contribution in [1.82, 2.24) is 5.32 Å². The van der Waals surface area contributed by atoms with Gasteiger partial charge in [0.1, 0.15) is 36.3 Å². The van der Waals surface area contributed by atoms with Gasteiger partial charge in [0.25, 0.3) is 0 Å². The van der Waals surface area contributed by atoms with E-state index >= 15 is 4.79 Å². The summed E-state index contributed by atoms with van der Waals surface area (Å²) < 4.78 is 47.8. The van der Waals surface area contributed by atoms with Crippen LogP contribution in [0.2, 0.25) is 0 Å². The lowest BCUT2D eigenvalue weighted by Gasteiger charge is -2.67. The number of rotatable bonds is 12. The van der Waals surface area contributed by atoms with E-state index in [2.05, 4.69) is 5.32 Å². The van der Waals surface area contributed by atoms with Crippen LogP contribution in [0.4, 0.5) is 4.79 Å². The number of alkyl carbamates (subject to hydrolysis) is 1. The van der Waals surface area contributed by atoms with Crippen molar-refractivity contribution >= 4 is 35.8 Å². The molecule has 1 heterocycles. The van der Waals surface area contributed by atoms with E-state index in [1.165, 1.54) is 33.1 Å². The number of nitrogens with one attached hydrogen (secondary N) is 1. The highest BCUT2D eigenvalue weighted by Crippen LogP contribution is 2.65. The quantitative estimate of drug-likeness (QED) is 0.116. The molecule has 3 N–H and O–H groups in total. The van der Waals surface area contributed by atoms with Crippen molar-refractivity contribution in [3.05, 3.63) is 82.9 Å². The number of carbonyl (C=O) groups is 6. The summed E-state index contributed by atoms with van der Waals surface area (Å²) in [5.74, 6) is -6.03. The molecule has 2 aromatic carbocycles. The van der Waals surface area contributed by atoms with E-state index in [4.69, 9.17) is 37.9 Å². The summed E-state index contributed by atoms with van der Waals surface area (Å²) >= 11 is 0. The Bertz CT molecular complexity index is 2150. The highest BCUT2D eigenvalue weighted by atomic mass is 16.7. The molecular formula is C47H59NO16. The first-order chi connectivity index (χ1) is 29.9. The minimum atomic E-state index is -2.38. The Labute approximate surface area is 372 Å². The molecule has 3 aliphatic carbocycles. The number of ether oxygens (including phenoxy) is 8. The van der Waals surface area contributed by atoms with Crippen LogP contribution >= 0.6 is 0 Å². The van der Waals surface area contributed by atoms with E-state index in [-0.39, 0.29) is 36.5 Å². The predicted octanol–water partition coefficient (Wildman–Crippen LogP) is 4.46. The average Bonchev–Trinajstić information content (AvgIpc) is 3.21. The third kappa shape index (κ3) is 8.67. The normalized spacial score (nSPS) is 31.5. The van der Waals surface area contributed by atoms with Gasteiger partial charge in [-0.25, -0.2) is 14.4 Å².